The van der Waals surface area contributed by atoms with E-state index in [-0.39, 0.29) is 4.90 Å². The molecule has 1 heterocycles. The van der Waals surface area contributed by atoms with E-state index in [1.54, 1.807) is 24.3 Å². The third-order valence-electron chi connectivity index (χ3n) is 4.16. The Labute approximate surface area is 143 Å². The molecular weight excluding hydrogens is 320 g/mol. The monoisotopic (exact) mass is 342 g/mol. The van der Waals surface area contributed by atoms with E-state index in [0.29, 0.717) is 6.54 Å². The third-order valence-corrected chi connectivity index (χ3v) is 5.53. The van der Waals surface area contributed by atoms with Gasteiger partial charge in [0.1, 0.15) is 0 Å². The Kier molecular flexibility index (Phi) is 5.11. The minimum atomic E-state index is -3.61. The van der Waals surface area contributed by atoms with Crippen LogP contribution in [-0.4, -0.2) is 32.1 Å². The molecule has 3 rings (SSSR count). The van der Waals surface area contributed by atoms with E-state index in [0.717, 1.165) is 37.2 Å². The Morgan fingerprint density at radius 1 is 1.04 bits per heavy atom. The molecule has 0 saturated carbocycles. The molecule has 0 bridgehead atoms. The van der Waals surface area contributed by atoms with Gasteiger partial charge in [0.2, 0.25) is 0 Å². The average molecular weight is 342 g/mol. The van der Waals surface area contributed by atoms with Crippen molar-refractivity contribution in [3.05, 3.63) is 65.7 Å². The van der Waals surface area contributed by atoms with Gasteiger partial charge in [-0.3, -0.25) is 4.90 Å². The van der Waals surface area contributed by atoms with Crippen LogP contribution in [-0.2, 0) is 16.6 Å². The lowest BCUT2D eigenvalue weighted by Crippen LogP contribution is -2.35. The van der Waals surface area contributed by atoms with Crippen LogP contribution in [0.2, 0.25) is 0 Å². The van der Waals surface area contributed by atoms with Crippen LogP contribution in [0.3, 0.4) is 0 Å². The molecule has 0 amide bonds. The molecule has 5 heteroatoms. The lowest BCUT2D eigenvalue weighted by molar-refractivity contribution is 0.284. The van der Waals surface area contributed by atoms with Gasteiger partial charge in [0.25, 0.3) is 10.0 Å². The summed E-state index contributed by atoms with van der Waals surface area (Å²) < 4.78 is 29.0. The van der Waals surface area contributed by atoms with E-state index in [9.17, 15) is 8.42 Å². The van der Waals surface area contributed by atoms with Gasteiger partial charge < -0.3 is 0 Å². The molecule has 0 unspecified atom stereocenters. The SMILES string of the molecule is Cc1ccc(S(=O)(=O)/N=C2/CCCN(Cc3ccccc3)C2)cc1. The second-order valence-electron chi connectivity index (χ2n) is 6.25. The molecule has 1 aliphatic rings. The van der Waals surface area contributed by atoms with Crippen molar-refractivity contribution >= 4 is 15.7 Å². The van der Waals surface area contributed by atoms with Crippen molar-refractivity contribution in [2.24, 2.45) is 4.40 Å². The number of likely N-dealkylation sites (tertiary alicyclic amines) is 1. The highest BCUT2D eigenvalue weighted by atomic mass is 32.2. The molecule has 24 heavy (non-hydrogen) atoms. The Balaban J connectivity index is 1.73. The maximum absolute atomic E-state index is 12.5. The highest BCUT2D eigenvalue weighted by molar-refractivity contribution is 7.90. The maximum atomic E-state index is 12.5. The summed E-state index contributed by atoms with van der Waals surface area (Å²) >= 11 is 0. The summed E-state index contributed by atoms with van der Waals surface area (Å²) in [6, 6.07) is 17.1. The second-order valence-corrected chi connectivity index (χ2v) is 7.85. The summed E-state index contributed by atoms with van der Waals surface area (Å²) in [6.07, 6.45) is 1.69. The van der Waals surface area contributed by atoms with Crippen LogP contribution < -0.4 is 0 Å². The van der Waals surface area contributed by atoms with Crippen LogP contribution in [0, 0.1) is 6.92 Å². The average Bonchev–Trinajstić information content (AvgIpc) is 2.56. The highest BCUT2D eigenvalue weighted by Gasteiger charge is 2.19. The predicted octanol–water partition coefficient (Wildman–Crippen LogP) is 3.42. The van der Waals surface area contributed by atoms with E-state index >= 15 is 0 Å². The number of nitrogens with zero attached hydrogens (tertiary/aromatic N) is 2. The Morgan fingerprint density at radius 3 is 2.46 bits per heavy atom. The van der Waals surface area contributed by atoms with Crippen molar-refractivity contribution in [1.29, 1.82) is 0 Å². The van der Waals surface area contributed by atoms with Gasteiger partial charge >= 0.3 is 0 Å². The lowest BCUT2D eigenvalue weighted by Gasteiger charge is -2.27. The molecular formula is C19H22N2O2S. The molecule has 0 aromatic heterocycles. The molecule has 4 nitrogen and oxygen atoms in total. The number of aryl methyl sites for hydroxylation is 1. The first-order chi connectivity index (χ1) is 11.5. The van der Waals surface area contributed by atoms with E-state index in [4.69, 9.17) is 0 Å². The molecule has 0 spiro atoms. The summed E-state index contributed by atoms with van der Waals surface area (Å²) in [4.78, 5) is 2.52. The summed E-state index contributed by atoms with van der Waals surface area (Å²) in [5.41, 5.74) is 3.02. The molecule has 0 aliphatic carbocycles. The molecule has 1 fully saturated rings. The molecule has 126 valence electrons. The molecule has 0 radical (unpaired) electrons. The predicted molar refractivity (Wildman–Crippen MR) is 96.8 cm³/mol. The van der Waals surface area contributed by atoms with Crippen molar-refractivity contribution in [3.63, 3.8) is 0 Å². The van der Waals surface area contributed by atoms with Crippen LogP contribution in [0.15, 0.2) is 63.9 Å². The fraction of sp³-hybridized carbons (Fsp3) is 0.316. The third kappa shape index (κ3) is 4.30. The van der Waals surface area contributed by atoms with Gasteiger partial charge in [-0.1, -0.05) is 48.0 Å². The topological polar surface area (TPSA) is 49.7 Å². The Bertz CT molecular complexity index is 812. The second kappa shape index (κ2) is 7.28. The number of sulfonamides is 1. The first-order valence-electron chi connectivity index (χ1n) is 8.19. The van der Waals surface area contributed by atoms with Gasteiger partial charge in [-0.15, -0.1) is 0 Å². The smallest absolute Gasteiger partial charge is 0.282 e. The fourth-order valence-corrected chi connectivity index (χ4v) is 3.98. The summed E-state index contributed by atoms with van der Waals surface area (Å²) in [6.45, 7) is 4.34. The van der Waals surface area contributed by atoms with Gasteiger partial charge in [0.15, 0.2) is 0 Å². The quantitative estimate of drug-likeness (QED) is 0.855. The molecule has 1 aliphatic heterocycles. The first-order valence-corrected chi connectivity index (χ1v) is 9.63. The van der Waals surface area contributed by atoms with Gasteiger partial charge in [-0.2, -0.15) is 12.8 Å². The van der Waals surface area contributed by atoms with Crippen molar-refractivity contribution in [1.82, 2.24) is 4.90 Å². The number of piperidine rings is 1. The molecule has 2 aromatic carbocycles. The number of hydrogen-bond donors (Lipinski definition) is 0. The van der Waals surface area contributed by atoms with Crippen molar-refractivity contribution in [2.45, 2.75) is 31.2 Å². The van der Waals surface area contributed by atoms with Crippen LogP contribution >= 0.6 is 0 Å². The van der Waals surface area contributed by atoms with E-state index in [2.05, 4.69) is 21.4 Å². The van der Waals surface area contributed by atoms with Gasteiger partial charge in [0, 0.05) is 18.8 Å². The van der Waals surface area contributed by atoms with Crippen molar-refractivity contribution < 1.29 is 8.42 Å². The van der Waals surface area contributed by atoms with Crippen LogP contribution in [0.1, 0.15) is 24.0 Å². The standard InChI is InChI=1S/C19H22N2O2S/c1-16-9-11-19(12-10-16)24(22,23)20-18-8-5-13-21(15-18)14-17-6-3-2-4-7-17/h2-4,6-7,9-12H,5,8,13-15H2,1H3/b20-18-. The highest BCUT2D eigenvalue weighted by Crippen LogP contribution is 2.17. The fourth-order valence-electron chi connectivity index (χ4n) is 2.91. The zero-order chi connectivity index (χ0) is 17.0. The molecule has 0 N–H and O–H groups in total. The van der Waals surface area contributed by atoms with Crippen LogP contribution in [0.4, 0.5) is 0 Å². The zero-order valence-corrected chi connectivity index (χ0v) is 14.7. The largest absolute Gasteiger partial charge is 0.294 e. The Hall–Kier alpha value is -1.98. The van der Waals surface area contributed by atoms with Gasteiger partial charge in [-0.25, -0.2) is 0 Å². The maximum Gasteiger partial charge on any atom is 0.282 e. The van der Waals surface area contributed by atoms with E-state index < -0.39 is 10.0 Å². The molecule has 2 aromatic rings. The number of hydrogen-bond acceptors (Lipinski definition) is 3. The summed E-state index contributed by atoms with van der Waals surface area (Å²) in [5, 5.41) is 0. The van der Waals surface area contributed by atoms with Crippen LogP contribution in [0.25, 0.3) is 0 Å². The Morgan fingerprint density at radius 2 is 1.75 bits per heavy atom. The van der Waals surface area contributed by atoms with Crippen molar-refractivity contribution in [2.75, 3.05) is 13.1 Å². The number of rotatable bonds is 4. The zero-order valence-electron chi connectivity index (χ0n) is 13.9. The normalized spacial score (nSPS) is 18.0. The minimum absolute atomic E-state index is 0.265. The van der Waals surface area contributed by atoms with E-state index in [1.165, 1.54) is 5.56 Å². The minimum Gasteiger partial charge on any atom is -0.294 e. The van der Waals surface area contributed by atoms with Gasteiger partial charge in [-0.05, 0) is 44.0 Å². The first kappa shape index (κ1) is 16.9. The molecule has 1 saturated heterocycles. The summed E-state index contributed by atoms with van der Waals surface area (Å²) in [7, 11) is -3.61. The lowest BCUT2D eigenvalue weighted by atomic mass is 10.1. The van der Waals surface area contributed by atoms with Gasteiger partial charge in [0.05, 0.1) is 4.90 Å². The summed E-state index contributed by atoms with van der Waals surface area (Å²) in [5.74, 6) is 0. The molecule has 0 atom stereocenters. The van der Waals surface area contributed by atoms with E-state index in [1.807, 2.05) is 25.1 Å². The number of benzene rings is 2. The van der Waals surface area contributed by atoms with Crippen molar-refractivity contribution in [3.8, 4) is 0 Å². The van der Waals surface area contributed by atoms with Crippen LogP contribution in [0.5, 0.6) is 0 Å².